The van der Waals surface area contributed by atoms with Crippen LogP contribution in [0.4, 0.5) is 5.95 Å². The molecule has 0 aliphatic heterocycles. The Bertz CT molecular complexity index is 382. The highest BCUT2D eigenvalue weighted by Gasteiger charge is 2.22. The number of aromatic nitrogens is 2. The van der Waals surface area contributed by atoms with Crippen LogP contribution in [-0.2, 0) is 4.79 Å². The van der Waals surface area contributed by atoms with E-state index in [9.17, 15) is 4.79 Å². The maximum Gasteiger partial charge on any atom is 0.305 e. The van der Waals surface area contributed by atoms with E-state index in [0.29, 0.717) is 5.95 Å². The first kappa shape index (κ1) is 12.4. The normalized spacial score (nSPS) is 11.2. The molecule has 0 aromatic carbocycles. The van der Waals surface area contributed by atoms with Crippen molar-refractivity contribution in [3.63, 3.8) is 0 Å². The van der Waals surface area contributed by atoms with Crippen molar-refractivity contribution in [3.8, 4) is 0 Å². The molecule has 1 heterocycles. The van der Waals surface area contributed by atoms with E-state index in [0.717, 1.165) is 11.4 Å². The maximum absolute atomic E-state index is 10.7. The maximum atomic E-state index is 10.7. The second kappa shape index (κ2) is 4.47. The van der Waals surface area contributed by atoms with E-state index in [1.807, 2.05) is 33.8 Å². The zero-order chi connectivity index (χ0) is 12.3. The van der Waals surface area contributed by atoms with Gasteiger partial charge in [0, 0.05) is 16.9 Å². The molecular weight excluding hydrogens is 206 g/mol. The summed E-state index contributed by atoms with van der Waals surface area (Å²) in [6.45, 7) is 7.37. The molecule has 0 fully saturated rings. The minimum Gasteiger partial charge on any atom is -0.481 e. The Morgan fingerprint density at radius 2 is 1.88 bits per heavy atom. The average Bonchev–Trinajstić information content (AvgIpc) is 1.95. The number of nitrogens with one attached hydrogen (secondary N) is 1. The fourth-order valence-corrected chi connectivity index (χ4v) is 1.51. The van der Waals surface area contributed by atoms with Gasteiger partial charge in [0.1, 0.15) is 0 Å². The summed E-state index contributed by atoms with van der Waals surface area (Å²) in [6, 6.07) is 1.87. The van der Waals surface area contributed by atoms with Gasteiger partial charge in [0.2, 0.25) is 5.95 Å². The van der Waals surface area contributed by atoms with Crippen LogP contribution in [0, 0.1) is 13.8 Å². The number of carboxylic acid groups (broad SMARTS) is 1. The van der Waals surface area contributed by atoms with E-state index >= 15 is 0 Å². The van der Waals surface area contributed by atoms with Crippen molar-refractivity contribution in [2.24, 2.45) is 0 Å². The number of carboxylic acids is 1. The van der Waals surface area contributed by atoms with Gasteiger partial charge in [-0.05, 0) is 33.8 Å². The molecule has 0 atom stereocenters. The molecule has 0 amide bonds. The lowest BCUT2D eigenvalue weighted by Gasteiger charge is -2.24. The lowest BCUT2D eigenvalue weighted by Crippen LogP contribution is -2.34. The van der Waals surface area contributed by atoms with Crippen molar-refractivity contribution in [2.45, 2.75) is 39.7 Å². The van der Waals surface area contributed by atoms with Crippen LogP contribution in [0.25, 0.3) is 0 Å². The van der Waals surface area contributed by atoms with E-state index < -0.39 is 11.5 Å². The standard InChI is InChI=1S/C11H17N3O2/c1-7-5-8(2)13-10(12-7)14-11(3,4)6-9(15)16/h5H,6H2,1-4H3,(H,15,16)(H,12,13,14). The number of hydrogen-bond acceptors (Lipinski definition) is 4. The SMILES string of the molecule is Cc1cc(C)nc(NC(C)(C)CC(=O)O)n1. The summed E-state index contributed by atoms with van der Waals surface area (Å²) in [5.74, 6) is -0.370. The van der Waals surface area contributed by atoms with E-state index in [1.54, 1.807) is 0 Å². The van der Waals surface area contributed by atoms with Gasteiger partial charge in [-0.1, -0.05) is 0 Å². The third-order valence-corrected chi connectivity index (χ3v) is 2.03. The molecule has 0 saturated carbocycles. The molecule has 0 saturated heterocycles. The highest BCUT2D eigenvalue weighted by molar-refractivity contribution is 5.69. The topological polar surface area (TPSA) is 75.1 Å². The van der Waals surface area contributed by atoms with Crippen molar-refractivity contribution in [2.75, 3.05) is 5.32 Å². The zero-order valence-corrected chi connectivity index (χ0v) is 10.0. The highest BCUT2D eigenvalue weighted by Crippen LogP contribution is 2.15. The van der Waals surface area contributed by atoms with Gasteiger partial charge in [0.15, 0.2) is 0 Å². The van der Waals surface area contributed by atoms with Crippen molar-refractivity contribution in [1.82, 2.24) is 9.97 Å². The fourth-order valence-electron chi connectivity index (χ4n) is 1.51. The summed E-state index contributed by atoms with van der Waals surface area (Å²) in [6.07, 6.45) is 0.0172. The van der Waals surface area contributed by atoms with Crippen molar-refractivity contribution < 1.29 is 9.90 Å². The molecule has 88 valence electrons. The number of aliphatic carboxylic acids is 1. The predicted molar refractivity (Wildman–Crippen MR) is 61.5 cm³/mol. The van der Waals surface area contributed by atoms with Crippen LogP contribution in [0.2, 0.25) is 0 Å². The van der Waals surface area contributed by atoms with Crippen LogP contribution < -0.4 is 5.32 Å². The molecule has 5 heteroatoms. The second-order valence-corrected chi connectivity index (χ2v) is 4.55. The van der Waals surface area contributed by atoms with E-state index in [4.69, 9.17) is 5.11 Å². The van der Waals surface area contributed by atoms with Gasteiger partial charge >= 0.3 is 5.97 Å². The molecule has 1 aromatic rings. The smallest absolute Gasteiger partial charge is 0.305 e. The Morgan fingerprint density at radius 1 is 1.38 bits per heavy atom. The predicted octanol–water partition coefficient (Wildman–Crippen LogP) is 1.76. The van der Waals surface area contributed by atoms with Crippen LogP contribution in [0.1, 0.15) is 31.7 Å². The first-order chi connectivity index (χ1) is 7.28. The Labute approximate surface area is 94.9 Å². The van der Waals surface area contributed by atoms with Gasteiger partial charge in [-0.2, -0.15) is 0 Å². The van der Waals surface area contributed by atoms with Gasteiger partial charge < -0.3 is 10.4 Å². The largest absolute Gasteiger partial charge is 0.481 e. The first-order valence-electron chi connectivity index (χ1n) is 5.11. The van der Waals surface area contributed by atoms with Crippen LogP contribution in [0.15, 0.2) is 6.07 Å². The molecule has 5 nitrogen and oxygen atoms in total. The van der Waals surface area contributed by atoms with Crippen LogP contribution >= 0.6 is 0 Å². The Morgan fingerprint density at radius 3 is 2.31 bits per heavy atom. The molecule has 2 N–H and O–H groups in total. The quantitative estimate of drug-likeness (QED) is 0.813. The summed E-state index contributed by atoms with van der Waals surface area (Å²) < 4.78 is 0. The van der Waals surface area contributed by atoms with Gasteiger partial charge in [-0.15, -0.1) is 0 Å². The number of rotatable bonds is 4. The van der Waals surface area contributed by atoms with Crippen molar-refractivity contribution in [1.29, 1.82) is 0 Å². The molecule has 1 aromatic heterocycles. The van der Waals surface area contributed by atoms with Gasteiger partial charge in [0.25, 0.3) is 0 Å². The highest BCUT2D eigenvalue weighted by atomic mass is 16.4. The molecule has 0 aliphatic rings. The molecule has 0 unspecified atom stereocenters. The molecule has 0 radical (unpaired) electrons. The Balaban J connectivity index is 2.83. The lowest BCUT2D eigenvalue weighted by molar-refractivity contribution is -0.137. The molecular formula is C11H17N3O2. The number of anilines is 1. The molecule has 0 spiro atoms. The van der Waals surface area contributed by atoms with E-state index in [2.05, 4.69) is 15.3 Å². The van der Waals surface area contributed by atoms with Gasteiger partial charge in [-0.3, -0.25) is 4.79 Å². The van der Waals surface area contributed by atoms with Gasteiger partial charge in [-0.25, -0.2) is 9.97 Å². The molecule has 16 heavy (non-hydrogen) atoms. The summed E-state index contributed by atoms with van der Waals surface area (Å²) in [7, 11) is 0. The van der Waals surface area contributed by atoms with Crippen molar-refractivity contribution >= 4 is 11.9 Å². The molecule has 0 aliphatic carbocycles. The summed E-state index contributed by atoms with van der Waals surface area (Å²) in [5, 5.41) is 11.8. The zero-order valence-electron chi connectivity index (χ0n) is 10.0. The monoisotopic (exact) mass is 223 g/mol. The van der Waals surface area contributed by atoms with Crippen LogP contribution in [-0.4, -0.2) is 26.6 Å². The molecule has 1 rings (SSSR count). The summed E-state index contributed by atoms with van der Waals surface area (Å²) in [5.41, 5.74) is 1.16. The number of nitrogens with zero attached hydrogens (tertiary/aromatic N) is 2. The summed E-state index contributed by atoms with van der Waals surface area (Å²) in [4.78, 5) is 19.1. The first-order valence-corrected chi connectivity index (χ1v) is 5.11. The van der Waals surface area contributed by atoms with Crippen molar-refractivity contribution in [3.05, 3.63) is 17.5 Å². The third-order valence-electron chi connectivity index (χ3n) is 2.03. The lowest BCUT2D eigenvalue weighted by atomic mass is 10.0. The average molecular weight is 223 g/mol. The third kappa shape index (κ3) is 3.84. The van der Waals surface area contributed by atoms with E-state index in [1.165, 1.54) is 0 Å². The van der Waals surface area contributed by atoms with Crippen LogP contribution in [0.3, 0.4) is 0 Å². The van der Waals surface area contributed by atoms with Crippen LogP contribution in [0.5, 0.6) is 0 Å². The molecule has 0 bridgehead atoms. The minimum absolute atomic E-state index is 0.0172. The van der Waals surface area contributed by atoms with Gasteiger partial charge in [0.05, 0.1) is 6.42 Å². The second-order valence-electron chi connectivity index (χ2n) is 4.55. The Kier molecular flexibility index (Phi) is 3.47. The minimum atomic E-state index is -0.845. The van der Waals surface area contributed by atoms with E-state index in [-0.39, 0.29) is 6.42 Å². The number of hydrogen-bond donors (Lipinski definition) is 2. The fraction of sp³-hybridized carbons (Fsp3) is 0.545. The Hall–Kier alpha value is -1.65. The summed E-state index contributed by atoms with van der Waals surface area (Å²) >= 11 is 0. The number of aryl methyl sites for hydroxylation is 2. The number of carbonyl (C=O) groups is 1.